The minimum absolute atomic E-state index is 0.711. The summed E-state index contributed by atoms with van der Waals surface area (Å²) in [7, 11) is 3.98. The quantitative estimate of drug-likeness (QED) is 0.0559. The highest BCUT2D eigenvalue weighted by Gasteiger charge is 2.08. The number of nitrogens with two attached hydrogens (primary N) is 2. The summed E-state index contributed by atoms with van der Waals surface area (Å²) in [5, 5.41) is 23.9. The Hall–Kier alpha value is -0.400. The highest BCUT2D eigenvalue weighted by Crippen LogP contribution is 2.11. The Morgan fingerprint density at radius 3 is 1.25 bits per heavy atom. The van der Waals surface area contributed by atoms with Gasteiger partial charge in [0.1, 0.15) is 0 Å². The van der Waals surface area contributed by atoms with Gasteiger partial charge >= 0.3 is 0 Å². The van der Waals surface area contributed by atoms with Crippen LogP contribution in [0.15, 0.2) is 0 Å². The molecule has 0 rings (SSSR count). The fourth-order valence-corrected chi connectivity index (χ4v) is 4.03. The monoisotopic (exact) mass is 577 g/mol. The predicted octanol–water partition coefficient (Wildman–Crippen LogP) is 0.602. The van der Waals surface area contributed by atoms with Crippen LogP contribution in [0.25, 0.3) is 0 Å². The lowest BCUT2D eigenvalue weighted by Crippen LogP contribution is -2.41. The maximum absolute atomic E-state index is 5.77. The number of nitrogens with zero attached hydrogens (tertiary/aromatic N) is 1. The van der Waals surface area contributed by atoms with E-state index < -0.39 is 0 Å². The highest BCUT2D eigenvalue weighted by atomic mass is 15.2. The van der Waals surface area contributed by atoms with Crippen LogP contribution in [0.2, 0.25) is 0 Å². The first kappa shape index (κ1) is 44.0. The third-order valence-electron chi connectivity index (χ3n) is 6.45. The third kappa shape index (κ3) is 39.7. The molecular weight excluding hydrogens is 500 g/mol. The molecule has 40 heavy (non-hydrogen) atoms. The van der Waals surface area contributed by atoms with E-state index >= 15 is 0 Å². The number of hydrogen-bond acceptors (Lipinski definition) is 10. The van der Waals surface area contributed by atoms with Crippen LogP contribution < -0.4 is 48.7 Å². The minimum Gasteiger partial charge on any atom is -0.329 e. The van der Waals surface area contributed by atoms with Crippen molar-refractivity contribution in [3.63, 3.8) is 0 Å². The second kappa shape index (κ2) is 43.1. The van der Waals surface area contributed by atoms with Crippen molar-refractivity contribution >= 4 is 0 Å². The Balaban J connectivity index is -0.00000174. The molecule has 0 heterocycles. The standard InChI is InChI=1S/C23H58N10.C5H12.C2H6/c1-26-12-14-29-9-4-23(3-8-28-11-6-24)5-10-30-16-17-32-19-22-33(20-7-25)21-18-31-15-13-27-2;1-3-5-4-2;1-2/h23,26-32H,3-22,24-25H2,1-2H3;3-5H2,1-2H3;1-2H3. The second-order valence-electron chi connectivity index (χ2n) is 9.96. The highest BCUT2D eigenvalue weighted by molar-refractivity contribution is 4.67. The topological polar surface area (TPSA) is 139 Å². The van der Waals surface area contributed by atoms with Crippen molar-refractivity contribution in [2.75, 3.05) is 125 Å². The number of unbranched alkanes of at least 4 members (excludes halogenated alkanes) is 2. The van der Waals surface area contributed by atoms with Crippen LogP contribution in [0.5, 0.6) is 0 Å². The predicted molar refractivity (Wildman–Crippen MR) is 181 cm³/mol. The van der Waals surface area contributed by atoms with Crippen molar-refractivity contribution in [1.29, 1.82) is 0 Å². The van der Waals surface area contributed by atoms with Gasteiger partial charge in [-0.15, -0.1) is 0 Å². The fraction of sp³-hybridized carbons (Fsp3) is 1.00. The molecule has 0 fully saturated rings. The molecule has 0 amide bonds. The largest absolute Gasteiger partial charge is 0.329 e. The molecule has 0 saturated heterocycles. The van der Waals surface area contributed by atoms with Gasteiger partial charge in [0.2, 0.25) is 0 Å². The summed E-state index contributed by atoms with van der Waals surface area (Å²) in [6.45, 7) is 25.1. The first-order valence-electron chi connectivity index (χ1n) is 16.6. The summed E-state index contributed by atoms with van der Waals surface area (Å²) in [4.78, 5) is 2.43. The smallest absolute Gasteiger partial charge is 0.0108 e. The van der Waals surface area contributed by atoms with Gasteiger partial charge in [-0.3, -0.25) is 4.90 Å². The molecule has 0 spiro atoms. The zero-order valence-corrected chi connectivity index (χ0v) is 27.9. The summed E-state index contributed by atoms with van der Waals surface area (Å²) < 4.78 is 0. The van der Waals surface area contributed by atoms with E-state index in [2.05, 4.69) is 56.0 Å². The van der Waals surface area contributed by atoms with E-state index in [-0.39, 0.29) is 0 Å². The zero-order chi connectivity index (χ0) is 30.4. The van der Waals surface area contributed by atoms with E-state index in [1.165, 1.54) is 38.5 Å². The molecule has 0 aromatic heterocycles. The first-order valence-corrected chi connectivity index (χ1v) is 16.6. The van der Waals surface area contributed by atoms with Gasteiger partial charge in [0.25, 0.3) is 0 Å². The maximum Gasteiger partial charge on any atom is 0.0108 e. The fourth-order valence-electron chi connectivity index (χ4n) is 4.03. The lowest BCUT2D eigenvalue weighted by molar-refractivity contribution is 0.280. The molecule has 0 aliphatic carbocycles. The van der Waals surface area contributed by atoms with Crippen molar-refractivity contribution in [1.82, 2.24) is 42.1 Å². The molecule has 0 saturated carbocycles. The van der Waals surface area contributed by atoms with E-state index in [9.17, 15) is 0 Å². The van der Waals surface area contributed by atoms with Crippen molar-refractivity contribution in [3.05, 3.63) is 0 Å². The van der Waals surface area contributed by atoms with Gasteiger partial charge in [0.05, 0.1) is 0 Å². The molecule has 246 valence electrons. The second-order valence-corrected chi connectivity index (χ2v) is 9.96. The molecule has 0 radical (unpaired) electrons. The van der Waals surface area contributed by atoms with Gasteiger partial charge in [-0.25, -0.2) is 0 Å². The molecule has 10 nitrogen and oxygen atoms in total. The van der Waals surface area contributed by atoms with Gasteiger partial charge in [-0.2, -0.15) is 0 Å². The zero-order valence-electron chi connectivity index (χ0n) is 27.9. The molecule has 0 aromatic rings. The number of likely N-dealkylation sites (N-methyl/N-ethyl adjacent to an activating group) is 2. The molecule has 0 aliphatic heterocycles. The molecular formula is C30H76N10. The molecule has 10 heteroatoms. The van der Waals surface area contributed by atoms with E-state index in [0.29, 0.717) is 13.1 Å². The lowest BCUT2D eigenvalue weighted by atomic mass is 9.97. The molecule has 11 N–H and O–H groups in total. The summed E-state index contributed by atoms with van der Waals surface area (Å²) in [6.07, 6.45) is 7.75. The van der Waals surface area contributed by atoms with Crippen molar-refractivity contribution < 1.29 is 0 Å². The molecule has 0 bridgehead atoms. The van der Waals surface area contributed by atoms with Crippen molar-refractivity contribution in [2.45, 2.75) is 66.2 Å². The van der Waals surface area contributed by atoms with Crippen molar-refractivity contribution in [3.8, 4) is 0 Å². The average Bonchev–Trinajstić information content (AvgIpc) is 2.97. The van der Waals surface area contributed by atoms with E-state index in [1.54, 1.807) is 0 Å². The van der Waals surface area contributed by atoms with Gasteiger partial charge < -0.3 is 48.7 Å². The summed E-state index contributed by atoms with van der Waals surface area (Å²) >= 11 is 0. The van der Waals surface area contributed by atoms with E-state index in [0.717, 1.165) is 104 Å². The Bertz CT molecular complexity index is 403. The molecule has 1 unspecified atom stereocenters. The van der Waals surface area contributed by atoms with Crippen LogP contribution in [0.1, 0.15) is 66.2 Å². The van der Waals surface area contributed by atoms with Crippen LogP contribution in [-0.2, 0) is 0 Å². The SMILES string of the molecule is CC.CCCCC.CNCCNCCC(CCNCCN)CCNCCNCCN(CCN)CCNCCNC. The van der Waals surface area contributed by atoms with Gasteiger partial charge in [0.15, 0.2) is 0 Å². The maximum atomic E-state index is 5.77. The van der Waals surface area contributed by atoms with Crippen LogP contribution in [-0.4, -0.2) is 130 Å². The number of nitrogens with one attached hydrogen (secondary N) is 7. The normalized spacial score (nSPS) is 11.6. The average molecular weight is 577 g/mol. The lowest BCUT2D eigenvalue weighted by Gasteiger charge is -2.22. The van der Waals surface area contributed by atoms with E-state index in [1.807, 2.05) is 27.9 Å². The Morgan fingerprint density at radius 2 is 0.900 bits per heavy atom. The molecule has 1 atom stereocenters. The number of hydrogen-bond donors (Lipinski definition) is 9. The Morgan fingerprint density at radius 1 is 0.500 bits per heavy atom. The van der Waals surface area contributed by atoms with E-state index in [4.69, 9.17) is 11.5 Å². The first-order chi connectivity index (χ1) is 19.7. The number of rotatable bonds is 30. The van der Waals surface area contributed by atoms with Crippen LogP contribution in [0.3, 0.4) is 0 Å². The summed E-state index contributed by atoms with van der Waals surface area (Å²) in [5.74, 6) is 0.740. The Labute approximate surface area is 251 Å². The molecule has 0 aliphatic rings. The van der Waals surface area contributed by atoms with Crippen LogP contribution >= 0.6 is 0 Å². The van der Waals surface area contributed by atoms with Crippen molar-refractivity contribution in [2.24, 2.45) is 17.4 Å². The van der Waals surface area contributed by atoms with Gasteiger partial charge in [-0.05, 0) is 58.9 Å². The summed E-state index contributed by atoms with van der Waals surface area (Å²) in [5.41, 5.74) is 11.4. The van der Waals surface area contributed by atoms with Crippen LogP contribution in [0.4, 0.5) is 0 Å². The summed E-state index contributed by atoms with van der Waals surface area (Å²) in [6, 6.07) is 0. The minimum atomic E-state index is 0.711. The molecule has 0 aromatic carbocycles. The van der Waals surface area contributed by atoms with Crippen LogP contribution in [0, 0.1) is 5.92 Å². The van der Waals surface area contributed by atoms with Gasteiger partial charge in [-0.1, -0.05) is 47.0 Å². The Kier molecular flexibility index (Phi) is 47.4. The van der Waals surface area contributed by atoms with Gasteiger partial charge in [0, 0.05) is 91.6 Å². The third-order valence-corrected chi connectivity index (χ3v) is 6.45.